The normalized spacial score (nSPS) is 16.2. The SMILES string of the molecule is COC1=NS(=O)(=O)N=C1Nc1ccc([N+](=O)[O-])cc1O. The fourth-order valence-corrected chi connectivity index (χ4v) is 2.17. The second-order valence-electron chi connectivity index (χ2n) is 3.57. The van der Waals surface area contributed by atoms with E-state index in [2.05, 4.69) is 14.1 Å². The molecule has 106 valence electrons. The van der Waals surface area contributed by atoms with Gasteiger partial charge in [0.05, 0.1) is 23.8 Å². The molecular formula is C9H8N4O6S. The number of anilines is 1. The summed E-state index contributed by atoms with van der Waals surface area (Å²) in [5.74, 6) is -0.943. The van der Waals surface area contributed by atoms with E-state index in [9.17, 15) is 23.6 Å². The number of hydrogen-bond donors (Lipinski definition) is 2. The zero-order valence-corrected chi connectivity index (χ0v) is 10.8. The Morgan fingerprint density at radius 2 is 2.10 bits per heavy atom. The van der Waals surface area contributed by atoms with Crippen molar-refractivity contribution < 1.29 is 23.2 Å². The van der Waals surface area contributed by atoms with Crippen molar-refractivity contribution in [2.75, 3.05) is 12.4 Å². The van der Waals surface area contributed by atoms with Crippen LogP contribution >= 0.6 is 0 Å². The zero-order valence-electron chi connectivity index (χ0n) is 9.97. The maximum absolute atomic E-state index is 11.2. The molecule has 1 aromatic carbocycles. The van der Waals surface area contributed by atoms with Crippen LogP contribution in [0, 0.1) is 10.1 Å². The zero-order chi connectivity index (χ0) is 14.9. The molecule has 0 aromatic heterocycles. The molecule has 20 heavy (non-hydrogen) atoms. The van der Waals surface area contributed by atoms with E-state index in [0.29, 0.717) is 0 Å². The van der Waals surface area contributed by atoms with E-state index in [4.69, 9.17) is 4.74 Å². The summed E-state index contributed by atoms with van der Waals surface area (Å²) in [7, 11) is -2.81. The molecule has 2 rings (SSSR count). The van der Waals surface area contributed by atoms with Crippen LogP contribution in [-0.2, 0) is 14.9 Å². The van der Waals surface area contributed by atoms with Crippen molar-refractivity contribution in [1.29, 1.82) is 0 Å². The minimum atomic E-state index is -4.01. The number of non-ortho nitro benzene ring substituents is 1. The van der Waals surface area contributed by atoms with Crippen LogP contribution in [0.25, 0.3) is 0 Å². The van der Waals surface area contributed by atoms with Crippen LogP contribution in [0.1, 0.15) is 0 Å². The highest BCUT2D eigenvalue weighted by molar-refractivity contribution is 7.89. The molecule has 1 heterocycles. The van der Waals surface area contributed by atoms with Crippen LogP contribution in [0.15, 0.2) is 27.0 Å². The third-order valence-electron chi connectivity index (χ3n) is 2.25. The van der Waals surface area contributed by atoms with E-state index in [1.807, 2.05) is 0 Å². The van der Waals surface area contributed by atoms with Gasteiger partial charge in [-0.25, -0.2) is 0 Å². The lowest BCUT2D eigenvalue weighted by molar-refractivity contribution is -0.384. The lowest BCUT2D eigenvalue weighted by atomic mass is 10.2. The largest absolute Gasteiger partial charge is 0.506 e. The number of phenolic OH excluding ortho intramolecular Hbond substituents is 1. The standard InChI is InChI=1S/C9H8N4O6S/c1-19-9-8(11-20(17,18)12-9)10-6-3-2-5(13(15)16)4-7(6)14/h2-4,14H,1H3,(H,10,11). The van der Waals surface area contributed by atoms with Crippen molar-refractivity contribution in [1.82, 2.24) is 0 Å². The molecule has 0 radical (unpaired) electrons. The van der Waals surface area contributed by atoms with Crippen molar-refractivity contribution >= 4 is 33.3 Å². The Kier molecular flexibility index (Phi) is 3.28. The molecule has 2 N–H and O–H groups in total. The highest BCUT2D eigenvalue weighted by atomic mass is 32.2. The minimum Gasteiger partial charge on any atom is -0.506 e. The number of benzene rings is 1. The van der Waals surface area contributed by atoms with Gasteiger partial charge >= 0.3 is 10.2 Å². The van der Waals surface area contributed by atoms with Gasteiger partial charge in [-0.1, -0.05) is 0 Å². The Labute approximate surface area is 112 Å². The molecule has 0 unspecified atom stereocenters. The van der Waals surface area contributed by atoms with Gasteiger partial charge < -0.3 is 15.2 Å². The van der Waals surface area contributed by atoms with E-state index >= 15 is 0 Å². The number of phenols is 1. The van der Waals surface area contributed by atoms with Gasteiger partial charge in [0.25, 0.3) is 11.6 Å². The van der Waals surface area contributed by atoms with Crippen molar-refractivity contribution in [2.45, 2.75) is 0 Å². The van der Waals surface area contributed by atoms with Gasteiger partial charge in [0.15, 0.2) is 0 Å². The summed E-state index contributed by atoms with van der Waals surface area (Å²) in [5.41, 5.74) is -0.286. The maximum atomic E-state index is 11.2. The first-order valence-corrected chi connectivity index (χ1v) is 6.46. The van der Waals surface area contributed by atoms with Crippen LogP contribution in [-0.4, -0.2) is 37.3 Å². The fourth-order valence-electron chi connectivity index (χ4n) is 1.40. The number of hydrogen-bond acceptors (Lipinski definition) is 7. The Morgan fingerprint density at radius 1 is 1.40 bits per heavy atom. The molecule has 1 aliphatic heterocycles. The molecular weight excluding hydrogens is 292 g/mol. The number of nitrogens with zero attached hydrogens (tertiary/aromatic N) is 3. The smallest absolute Gasteiger partial charge is 0.368 e. The van der Waals surface area contributed by atoms with Crippen LogP contribution in [0.2, 0.25) is 0 Å². The second-order valence-corrected chi connectivity index (χ2v) is 4.83. The lowest BCUT2D eigenvalue weighted by Crippen LogP contribution is -2.22. The summed E-state index contributed by atoms with van der Waals surface area (Å²) in [6.07, 6.45) is 0. The summed E-state index contributed by atoms with van der Waals surface area (Å²) < 4.78 is 33.6. The molecule has 0 saturated heterocycles. The monoisotopic (exact) mass is 300 g/mol. The van der Waals surface area contributed by atoms with Crippen LogP contribution in [0.3, 0.4) is 0 Å². The molecule has 0 atom stereocenters. The Morgan fingerprint density at radius 3 is 2.65 bits per heavy atom. The number of rotatable bonds is 2. The van der Waals surface area contributed by atoms with Gasteiger partial charge in [-0.15, -0.1) is 8.80 Å². The molecule has 11 heteroatoms. The van der Waals surface area contributed by atoms with Gasteiger partial charge in [0.2, 0.25) is 5.84 Å². The molecule has 0 fully saturated rings. The number of nitro groups is 1. The topological polar surface area (TPSA) is 143 Å². The molecule has 0 spiro atoms. The molecule has 0 amide bonds. The van der Waals surface area contributed by atoms with E-state index in [0.717, 1.165) is 12.1 Å². The number of nitro benzene ring substituents is 1. The van der Waals surface area contributed by atoms with E-state index in [-0.39, 0.29) is 23.1 Å². The van der Waals surface area contributed by atoms with Crippen molar-refractivity contribution in [3.63, 3.8) is 0 Å². The predicted molar refractivity (Wildman–Crippen MR) is 69.2 cm³/mol. The maximum Gasteiger partial charge on any atom is 0.368 e. The molecule has 1 aliphatic rings. The summed E-state index contributed by atoms with van der Waals surface area (Å²) in [5, 5.41) is 22.6. The molecule has 10 nitrogen and oxygen atoms in total. The van der Waals surface area contributed by atoms with Crippen LogP contribution < -0.4 is 5.32 Å². The minimum absolute atomic E-state index is 0.0243. The first-order valence-electron chi connectivity index (χ1n) is 5.06. The first kappa shape index (κ1) is 13.7. The lowest BCUT2D eigenvalue weighted by Gasteiger charge is -2.07. The third kappa shape index (κ3) is 2.66. The van der Waals surface area contributed by atoms with Gasteiger partial charge in [-0.05, 0) is 6.07 Å². The summed E-state index contributed by atoms with van der Waals surface area (Å²) in [6.45, 7) is 0. The Balaban J connectivity index is 2.32. The number of ether oxygens (including phenoxy) is 1. The number of aromatic hydroxyl groups is 1. The quantitative estimate of drug-likeness (QED) is 0.457. The molecule has 0 bridgehead atoms. The second kappa shape index (κ2) is 4.77. The highest BCUT2D eigenvalue weighted by Gasteiger charge is 2.26. The molecule has 0 aliphatic carbocycles. The Hall–Kier alpha value is -2.69. The molecule has 0 saturated carbocycles. The third-order valence-corrected chi connectivity index (χ3v) is 3.06. The fraction of sp³-hybridized carbons (Fsp3) is 0.111. The predicted octanol–water partition coefficient (Wildman–Crippen LogP) is 0.414. The van der Waals surface area contributed by atoms with E-state index < -0.39 is 20.9 Å². The first-order chi connectivity index (χ1) is 9.32. The number of methoxy groups -OCH3 is 1. The van der Waals surface area contributed by atoms with Gasteiger partial charge in [0.1, 0.15) is 5.75 Å². The highest BCUT2D eigenvalue weighted by Crippen LogP contribution is 2.28. The number of amidine groups is 1. The average molecular weight is 300 g/mol. The van der Waals surface area contributed by atoms with Crippen molar-refractivity contribution in [2.24, 2.45) is 8.80 Å². The van der Waals surface area contributed by atoms with Crippen LogP contribution in [0.4, 0.5) is 11.4 Å². The molecule has 1 aromatic rings. The van der Waals surface area contributed by atoms with E-state index in [1.165, 1.54) is 13.2 Å². The number of nitrogens with one attached hydrogen (secondary N) is 1. The van der Waals surface area contributed by atoms with Gasteiger partial charge in [0, 0.05) is 6.07 Å². The Bertz CT molecular complexity index is 739. The van der Waals surface area contributed by atoms with E-state index in [1.54, 1.807) is 0 Å². The van der Waals surface area contributed by atoms with Gasteiger partial charge in [-0.2, -0.15) is 8.42 Å². The van der Waals surface area contributed by atoms with Gasteiger partial charge in [-0.3, -0.25) is 10.1 Å². The average Bonchev–Trinajstić information content (AvgIpc) is 2.66. The van der Waals surface area contributed by atoms with Crippen LogP contribution in [0.5, 0.6) is 5.75 Å². The van der Waals surface area contributed by atoms with Crippen molar-refractivity contribution in [3.8, 4) is 5.75 Å². The van der Waals surface area contributed by atoms with Crippen molar-refractivity contribution in [3.05, 3.63) is 28.3 Å². The summed E-state index contributed by atoms with van der Waals surface area (Å²) in [6, 6.07) is 3.25. The summed E-state index contributed by atoms with van der Waals surface area (Å²) in [4.78, 5) is 9.85. The summed E-state index contributed by atoms with van der Waals surface area (Å²) >= 11 is 0.